The van der Waals surface area contributed by atoms with Gasteiger partial charge in [0.15, 0.2) is 11.6 Å². The molecule has 1 N–H and O–H groups in total. The number of anilines is 1. The Labute approximate surface area is 113 Å². The second-order valence-corrected chi connectivity index (χ2v) is 5.22. The van der Waals surface area contributed by atoms with E-state index in [0.29, 0.717) is 0 Å². The molecule has 0 aliphatic heterocycles. The van der Waals surface area contributed by atoms with Crippen LogP contribution in [-0.4, -0.2) is 5.91 Å². The van der Waals surface area contributed by atoms with Gasteiger partial charge in [0.1, 0.15) is 0 Å². The molecule has 0 spiro atoms. The Balaban J connectivity index is 2.01. The van der Waals surface area contributed by atoms with Crippen molar-refractivity contribution in [1.29, 1.82) is 0 Å². The quantitative estimate of drug-likeness (QED) is 0.846. The number of carbonyl (C=O) groups is 1. The van der Waals surface area contributed by atoms with Gasteiger partial charge in [0, 0.05) is 27.6 Å². The standard InChI is InChI=1S/C14H11F2NOS/c1-9-2-4-11(19-9)5-7-14(18)17-10-3-6-12(15)13(16)8-10/h2-8H,1H3,(H,17,18)/b7-5+. The Morgan fingerprint density at radius 2 is 2.00 bits per heavy atom. The van der Waals surface area contributed by atoms with Gasteiger partial charge in [-0.3, -0.25) is 4.79 Å². The fourth-order valence-electron chi connectivity index (χ4n) is 1.46. The van der Waals surface area contributed by atoms with Gasteiger partial charge in [0.05, 0.1) is 0 Å². The van der Waals surface area contributed by atoms with Crippen LogP contribution in [0.2, 0.25) is 0 Å². The van der Waals surface area contributed by atoms with E-state index in [9.17, 15) is 13.6 Å². The molecule has 2 nitrogen and oxygen atoms in total. The minimum Gasteiger partial charge on any atom is -0.322 e. The average molecular weight is 279 g/mol. The molecule has 1 heterocycles. The number of benzene rings is 1. The van der Waals surface area contributed by atoms with Crippen LogP contribution < -0.4 is 5.32 Å². The van der Waals surface area contributed by atoms with E-state index in [4.69, 9.17) is 0 Å². The van der Waals surface area contributed by atoms with Crippen LogP contribution in [0.5, 0.6) is 0 Å². The molecule has 5 heteroatoms. The minimum absolute atomic E-state index is 0.218. The van der Waals surface area contributed by atoms with Gasteiger partial charge in [-0.05, 0) is 37.3 Å². The molecule has 2 aromatic rings. The normalized spacial score (nSPS) is 10.9. The molecule has 0 aliphatic carbocycles. The van der Waals surface area contributed by atoms with Crippen molar-refractivity contribution in [1.82, 2.24) is 0 Å². The second kappa shape index (κ2) is 5.75. The third kappa shape index (κ3) is 3.72. The lowest BCUT2D eigenvalue weighted by Gasteiger charge is -2.02. The van der Waals surface area contributed by atoms with Crippen LogP contribution in [0.3, 0.4) is 0 Å². The number of hydrogen-bond acceptors (Lipinski definition) is 2. The summed E-state index contributed by atoms with van der Waals surface area (Å²) in [5.74, 6) is -2.32. The van der Waals surface area contributed by atoms with E-state index in [1.807, 2.05) is 19.1 Å². The number of nitrogens with one attached hydrogen (secondary N) is 1. The Hall–Kier alpha value is -2.01. The SMILES string of the molecule is Cc1ccc(/C=C/C(=O)Nc2ccc(F)c(F)c2)s1. The lowest BCUT2D eigenvalue weighted by molar-refractivity contribution is -0.111. The van der Waals surface area contributed by atoms with Gasteiger partial charge in [-0.15, -0.1) is 11.3 Å². The molecule has 0 saturated carbocycles. The highest BCUT2D eigenvalue weighted by Crippen LogP contribution is 2.17. The van der Waals surface area contributed by atoms with Gasteiger partial charge in [-0.1, -0.05) is 0 Å². The third-order valence-electron chi connectivity index (χ3n) is 2.35. The molecular weight excluding hydrogens is 268 g/mol. The highest BCUT2D eigenvalue weighted by atomic mass is 32.1. The van der Waals surface area contributed by atoms with Crippen molar-refractivity contribution in [3.63, 3.8) is 0 Å². The zero-order valence-corrected chi connectivity index (χ0v) is 10.9. The molecule has 0 saturated heterocycles. The zero-order valence-electron chi connectivity index (χ0n) is 10.1. The number of thiophene rings is 1. The topological polar surface area (TPSA) is 29.1 Å². The van der Waals surface area contributed by atoms with Crippen molar-refractivity contribution < 1.29 is 13.6 Å². The van der Waals surface area contributed by atoms with Crippen molar-refractivity contribution in [3.8, 4) is 0 Å². The van der Waals surface area contributed by atoms with Crippen molar-refractivity contribution in [2.75, 3.05) is 5.32 Å². The summed E-state index contributed by atoms with van der Waals surface area (Å²) in [5.41, 5.74) is 0.218. The van der Waals surface area contributed by atoms with Crippen LogP contribution >= 0.6 is 11.3 Å². The fraction of sp³-hybridized carbons (Fsp3) is 0.0714. The molecule has 0 unspecified atom stereocenters. The summed E-state index contributed by atoms with van der Waals surface area (Å²) in [4.78, 5) is 13.7. The Kier molecular flexibility index (Phi) is 4.06. The average Bonchev–Trinajstić information content (AvgIpc) is 2.77. The van der Waals surface area contributed by atoms with Gasteiger partial charge >= 0.3 is 0 Å². The predicted molar refractivity (Wildman–Crippen MR) is 73.1 cm³/mol. The van der Waals surface area contributed by atoms with E-state index < -0.39 is 17.5 Å². The largest absolute Gasteiger partial charge is 0.322 e. The molecule has 2 rings (SSSR count). The smallest absolute Gasteiger partial charge is 0.248 e. The van der Waals surface area contributed by atoms with Gasteiger partial charge in [-0.2, -0.15) is 0 Å². The molecule has 0 bridgehead atoms. The zero-order chi connectivity index (χ0) is 13.8. The first-order valence-corrected chi connectivity index (χ1v) is 6.37. The van der Waals surface area contributed by atoms with Crippen molar-refractivity contribution >= 4 is 29.0 Å². The molecule has 0 aliphatic rings. The molecule has 0 fully saturated rings. The lowest BCUT2D eigenvalue weighted by atomic mass is 10.3. The Bertz CT molecular complexity index is 634. The summed E-state index contributed by atoms with van der Waals surface area (Å²) in [6.45, 7) is 1.98. The first-order chi connectivity index (χ1) is 9.04. The van der Waals surface area contributed by atoms with Crippen molar-refractivity contribution in [3.05, 3.63) is 57.8 Å². The number of aryl methyl sites for hydroxylation is 1. The summed E-state index contributed by atoms with van der Waals surface area (Å²) in [6, 6.07) is 7.08. The lowest BCUT2D eigenvalue weighted by Crippen LogP contribution is -2.08. The highest BCUT2D eigenvalue weighted by Gasteiger charge is 2.04. The van der Waals surface area contributed by atoms with E-state index in [1.165, 1.54) is 12.1 Å². The fourth-order valence-corrected chi connectivity index (χ4v) is 2.24. The molecule has 0 radical (unpaired) electrons. The summed E-state index contributed by atoms with van der Waals surface area (Å²) in [6.07, 6.45) is 3.03. The maximum atomic E-state index is 12.9. The first kappa shape index (κ1) is 13.4. The number of hydrogen-bond donors (Lipinski definition) is 1. The summed E-state index contributed by atoms with van der Waals surface area (Å²) in [7, 11) is 0. The highest BCUT2D eigenvalue weighted by molar-refractivity contribution is 7.12. The number of carbonyl (C=O) groups excluding carboxylic acids is 1. The van der Waals surface area contributed by atoms with Gasteiger partial charge in [0.2, 0.25) is 5.91 Å². The van der Waals surface area contributed by atoms with E-state index in [0.717, 1.165) is 21.9 Å². The number of halogens is 2. The van der Waals surface area contributed by atoms with Crippen LogP contribution in [0, 0.1) is 18.6 Å². The van der Waals surface area contributed by atoms with Crippen LogP contribution in [0.1, 0.15) is 9.75 Å². The number of amides is 1. The molecule has 1 aromatic heterocycles. The first-order valence-electron chi connectivity index (χ1n) is 5.55. The van der Waals surface area contributed by atoms with Crippen molar-refractivity contribution in [2.45, 2.75) is 6.92 Å². The van der Waals surface area contributed by atoms with E-state index in [2.05, 4.69) is 5.32 Å². The Morgan fingerprint density at radius 3 is 2.63 bits per heavy atom. The second-order valence-electron chi connectivity index (χ2n) is 3.90. The maximum Gasteiger partial charge on any atom is 0.248 e. The Morgan fingerprint density at radius 1 is 1.21 bits per heavy atom. The van der Waals surface area contributed by atoms with Crippen LogP contribution in [0.15, 0.2) is 36.4 Å². The van der Waals surface area contributed by atoms with Crippen LogP contribution in [-0.2, 0) is 4.79 Å². The number of rotatable bonds is 3. The van der Waals surface area contributed by atoms with Gasteiger partial charge in [-0.25, -0.2) is 8.78 Å². The molecule has 1 aromatic carbocycles. The monoisotopic (exact) mass is 279 g/mol. The minimum atomic E-state index is -0.990. The molecular formula is C14H11F2NOS. The summed E-state index contributed by atoms with van der Waals surface area (Å²) >= 11 is 1.56. The van der Waals surface area contributed by atoms with E-state index in [1.54, 1.807) is 17.4 Å². The van der Waals surface area contributed by atoms with Gasteiger partial charge < -0.3 is 5.32 Å². The van der Waals surface area contributed by atoms with E-state index in [-0.39, 0.29) is 5.69 Å². The summed E-state index contributed by atoms with van der Waals surface area (Å²) in [5, 5.41) is 2.46. The molecule has 1 amide bonds. The molecule has 19 heavy (non-hydrogen) atoms. The van der Waals surface area contributed by atoms with Crippen LogP contribution in [0.25, 0.3) is 6.08 Å². The molecule has 0 atom stereocenters. The summed E-state index contributed by atoms with van der Waals surface area (Å²) < 4.78 is 25.6. The van der Waals surface area contributed by atoms with Gasteiger partial charge in [0.25, 0.3) is 0 Å². The van der Waals surface area contributed by atoms with Crippen molar-refractivity contribution in [2.24, 2.45) is 0 Å². The van der Waals surface area contributed by atoms with Crippen LogP contribution in [0.4, 0.5) is 14.5 Å². The third-order valence-corrected chi connectivity index (χ3v) is 3.31. The van der Waals surface area contributed by atoms with E-state index >= 15 is 0 Å². The maximum absolute atomic E-state index is 12.9. The predicted octanol–water partition coefficient (Wildman–Crippen LogP) is 3.99. The molecule has 98 valence electrons.